The third kappa shape index (κ3) is 3.70. The topological polar surface area (TPSA) is 92.8 Å². The second-order valence-corrected chi connectivity index (χ2v) is 7.37. The van der Waals surface area contributed by atoms with Crippen LogP contribution in [0.3, 0.4) is 0 Å². The summed E-state index contributed by atoms with van der Waals surface area (Å²) in [4.78, 5) is 22.7. The standard InChI is InChI=1S/C18H23N5O2S/c1-6-25-18(24)15-11(4)14-16(20-12(5)21-17(14)26-15)19-9(2)7-13-8-10(3)22-23-13/h8-9H,6-7H2,1-5H3,(H,22,23)(H,19,20,21). The third-order valence-corrected chi connectivity index (χ3v) is 5.19. The van der Waals surface area contributed by atoms with Crippen molar-refractivity contribution >= 4 is 33.3 Å². The molecule has 138 valence electrons. The number of rotatable bonds is 6. The van der Waals surface area contributed by atoms with Gasteiger partial charge in [0.1, 0.15) is 21.3 Å². The molecule has 0 aliphatic carbocycles. The Balaban J connectivity index is 1.93. The SMILES string of the molecule is CCOC(=O)c1sc2nc(C)nc(NC(C)Cc3cc(C)[nH]n3)c2c1C. The molecule has 3 aromatic heterocycles. The number of thiophene rings is 1. The van der Waals surface area contributed by atoms with Crippen LogP contribution in [-0.4, -0.2) is 38.8 Å². The van der Waals surface area contributed by atoms with Crippen molar-refractivity contribution in [1.29, 1.82) is 0 Å². The van der Waals surface area contributed by atoms with Crippen molar-refractivity contribution in [3.8, 4) is 0 Å². The van der Waals surface area contributed by atoms with Gasteiger partial charge in [0.15, 0.2) is 0 Å². The molecule has 2 N–H and O–H groups in total. The van der Waals surface area contributed by atoms with E-state index >= 15 is 0 Å². The number of carbonyl (C=O) groups excluding carboxylic acids is 1. The second kappa shape index (κ2) is 7.41. The monoisotopic (exact) mass is 373 g/mol. The van der Waals surface area contributed by atoms with Crippen molar-refractivity contribution in [2.24, 2.45) is 0 Å². The highest BCUT2D eigenvalue weighted by molar-refractivity contribution is 7.20. The fraction of sp³-hybridized carbons (Fsp3) is 0.444. The lowest BCUT2D eigenvalue weighted by Crippen LogP contribution is -2.19. The Kier molecular flexibility index (Phi) is 5.22. The van der Waals surface area contributed by atoms with E-state index in [-0.39, 0.29) is 12.0 Å². The van der Waals surface area contributed by atoms with Crippen molar-refractivity contribution in [3.63, 3.8) is 0 Å². The number of hydrogen-bond donors (Lipinski definition) is 2. The quantitative estimate of drug-likeness (QED) is 0.642. The summed E-state index contributed by atoms with van der Waals surface area (Å²) in [6, 6.07) is 2.16. The predicted octanol–water partition coefficient (Wildman–Crippen LogP) is 3.56. The van der Waals surface area contributed by atoms with Crippen LogP contribution in [-0.2, 0) is 11.2 Å². The number of anilines is 1. The summed E-state index contributed by atoms with van der Waals surface area (Å²) in [5.74, 6) is 1.10. The summed E-state index contributed by atoms with van der Waals surface area (Å²) in [5, 5.41) is 11.6. The highest BCUT2D eigenvalue weighted by Gasteiger charge is 2.21. The van der Waals surface area contributed by atoms with Gasteiger partial charge in [-0.3, -0.25) is 5.10 Å². The number of nitrogens with zero attached hydrogens (tertiary/aromatic N) is 3. The summed E-state index contributed by atoms with van der Waals surface area (Å²) in [6.45, 7) is 9.99. The molecule has 0 radical (unpaired) electrons. The maximum atomic E-state index is 12.2. The first-order chi connectivity index (χ1) is 12.4. The zero-order valence-electron chi connectivity index (χ0n) is 15.6. The molecule has 7 nitrogen and oxygen atoms in total. The second-order valence-electron chi connectivity index (χ2n) is 6.37. The van der Waals surface area contributed by atoms with Gasteiger partial charge in [-0.1, -0.05) is 0 Å². The first-order valence-electron chi connectivity index (χ1n) is 8.61. The van der Waals surface area contributed by atoms with Crippen LogP contribution >= 0.6 is 11.3 Å². The van der Waals surface area contributed by atoms with E-state index in [1.165, 1.54) is 11.3 Å². The number of aromatic nitrogens is 4. The molecule has 0 aromatic carbocycles. The molecule has 0 spiro atoms. The summed E-state index contributed by atoms with van der Waals surface area (Å²) in [6.07, 6.45) is 0.767. The van der Waals surface area contributed by atoms with Gasteiger partial charge in [-0.15, -0.1) is 11.3 Å². The summed E-state index contributed by atoms with van der Waals surface area (Å²) in [7, 11) is 0. The van der Waals surface area contributed by atoms with Crippen molar-refractivity contribution in [2.45, 2.75) is 47.1 Å². The summed E-state index contributed by atoms with van der Waals surface area (Å²) >= 11 is 1.35. The lowest BCUT2D eigenvalue weighted by molar-refractivity contribution is 0.0531. The Morgan fingerprint density at radius 1 is 1.35 bits per heavy atom. The van der Waals surface area contributed by atoms with Crippen molar-refractivity contribution < 1.29 is 9.53 Å². The molecule has 8 heteroatoms. The molecule has 26 heavy (non-hydrogen) atoms. The van der Waals surface area contributed by atoms with Crippen molar-refractivity contribution in [2.75, 3.05) is 11.9 Å². The van der Waals surface area contributed by atoms with E-state index in [1.54, 1.807) is 6.92 Å². The molecule has 3 aromatic rings. The maximum absolute atomic E-state index is 12.2. The van der Waals surface area contributed by atoms with Crippen LogP contribution in [0.4, 0.5) is 5.82 Å². The molecule has 0 aliphatic rings. The molecule has 3 heterocycles. The van der Waals surface area contributed by atoms with Crippen LogP contribution in [0.15, 0.2) is 6.07 Å². The van der Waals surface area contributed by atoms with Gasteiger partial charge in [0.2, 0.25) is 0 Å². The average Bonchev–Trinajstić information content (AvgIpc) is 3.10. The van der Waals surface area contributed by atoms with Crippen molar-refractivity contribution in [1.82, 2.24) is 20.2 Å². The number of ether oxygens (including phenoxy) is 1. The van der Waals surface area contributed by atoms with Crippen LogP contribution in [0.2, 0.25) is 0 Å². The van der Waals surface area contributed by atoms with E-state index in [2.05, 4.69) is 32.4 Å². The Morgan fingerprint density at radius 3 is 2.77 bits per heavy atom. The van der Waals surface area contributed by atoms with Gasteiger partial charge in [0, 0.05) is 18.2 Å². The Bertz CT molecular complexity index is 947. The van der Waals surface area contributed by atoms with Crippen LogP contribution in [0.1, 0.15) is 46.3 Å². The van der Waals surface area contributed by atoms with Crippen LogP contribution < -0.4 is 5.32 Å². The lowest BCUT2D eigenvalue weighted by atomic mass is 10.1. The van der Waals surface area contributed by atoms with Gasteiger partial charge >= 0.3 is 5.97 Å². The number of aryl methyl sites for hydroxylation is 3. The molecule has 0 aliphatic heterocycles. The largest absolute Gasteiger partial charge is 0.462 e. The first kappa shape index (κ1) is 18.3. The number of nitrogens with one attached hydrogen (secondary N) is 2. The number of fused-ring (bicyclic) bond motifs is 1. The molecule has 0 saturated carbocycles. The number of H-pyrrole nitrogens is 1. The third-order valence-electron chi connectivity index (χ3n) is 4.02. The highest BCUT2D eigenvalue weighted by Crippen LogP contribution is 2.34. The van der Waals surface area contributed by atoms with Gasteiger partial charge in [-0.25, -0.2) is 14.8 Å². The zero-order valence-corrected chi connectivity index (χ0v) is 16.5. The highest BCUT2D eigenvalue weighted by atomic mass is 32.1. The summed E-state index contributed by atoms with van der Waals surface area (Å²) in [5.41, 5.74) is 2.90. The van der Waals surface area contributed by atoms with Gasteiger partial charge < -0.3 is 10.1 Å². The molecule has 0 fully saturated rings. The van der Waals surface area contributed by atoms with Crippen LogP contribution in [0, 0.1) is 20.8 Å². The summed E-state index contributed by atoms with van der Waals surface area (Å²) < 4.78 is 5.16. The molecule has 0 saturated heterocycles. The maximum Gasteiger partial charge on any atom is 0.348 e. The Hall–Kier alpha value is -2.48. The van der Waals surface area contributed by atoms with Gasteiger partial charge in [-0.05, 0) is 46.2 Å². The first-order valence-corrected chi connectivity index (χ1v) is 9.43. The van der Waals surface area contributed by atoms with E-state index in [1.807, 2.05) is 26.8 Å². The van der Waals surface area contributed by atoms with E-state index < -0.39 is 0 Å². The van der Waals surface area contributed by atoms with E-state index in [4.69, 9.17) is 4.74 Å². The predicted molar refractivity (Wildman–Crippen MR) is 103 cm³/mol. The zero-order chi connectivity index (χ0) is 18.8. The Morgan fingerprint density at radius 2 is 2.12 bits per heavy atom. The molecule has 1 atom stereocenters. The molecular formula is C18H23N5O2S. The molecular weight excluding hydrogens is 350 g/mol. The van der Waals surface area contributed by atoms with E-state index in [0.717, 1.165) is 39.4 Å². The van der Waals surface area contributed by atoms with Crippen LogP contribution in [0.5, 0.6) is 0 Å². The minimum atomic E-state index is -0.309. The minimum absolute atomic E-state index is 0.126. The van der Waals surface area contributed by atoms with Gasteiger partial charge in [0.05, 0.1) is 17.7 Å². The molecule has 3 rings (SSSR count). The smallest absolute Gasteiger partial charge is 0.348 e. The van der Waals surface area contributed by atoms with E-state index in [0.29, 0.717) is 17.3 Å². The molecule has 1 unspecified atom stereocenters. The molecule has 0 bridgehead atoms. The van der Waals surface area contributed by atoms with Gasteiger partial charge in [0.25, 0.3) is 0 Å². The number of aromatic amines is 1. The minimum Gasteiger partial charge on any atom is -0.462 e. The fourth-order valence-corrected chi connectivity index (χ4v) is 4.04. The normalized spacial score (nSPS) is 12.3. The average molecular weight is 373 g/mol. The molecule has 0 amide bonds. The fourth-order valence-electron chi connectivity index (χ4n) is 2.92. The van der Waals surface area contributed by atoms with Gasteiger partial charge in [-0.2, -0.15) is 5.10 Å². The van der Waals surface area contributed by atoms with Crippen LogP contribution in [0.25, 0.3) is 10.2 Å². The number of carbonyl (C=O) groups is 1. The van der Waals surface area contributed by atoms with E-state index in [9.17, 15) is 4.79 Å². The Labute approximate surface area is 156 Å². The van der Waals surface area contributed by atoms with Crippen molar-refractivity contribution in [3.05, 3.63) is 33.7 Å². The lowest BCUT2D eigenvalue weighted by Gasteiger charge is -2.15. The number of esters is 1. The number of hydrogen-bond acceptors (Lipinski definition) is 7.